The second kappa shape index (κ2) is 6.18. The Kier molecular flexibility index (Phi) is 5.19. The summed E-state index contributed by atoms with van der Waals surface area (Å²) in [6, 6.07) is 0.300. The Morgan fingerprint density at radius 1 is 1.67 bits per heavy atom. The fourth-order valence-corrected chi connectivity index (χ4v) is 2.28. The first kappa shape index (κ1) is 12.6. The number of carbonyl (C=O) groups excluding carboxylic acids is 1. The van der Waals surface area contributed by atoms with E-state index < -0.39 is 0 Å². The summed E-state index contributed by atoms with van der Waals surface area (Å²) in [6.07, 6.45) is 4.58. The molecule has 0 saturated heterocycles. The highest BCUT2D eigenvalue weighted by molar-refractivity contribution is 7.99. The average Bonchev–Trinajstić information content (AvgIpc) is 2.61. The normalized spacial score (nSPS) is 26.6. The molecule has 0 aromatic carbocycles. The topological polar surface area (TPSA) is 55.1 Å². The van der Waals surface area contributed by atoms with E-state index in [-0.39, 0.29) is 23.9 Å². The smallest absolute Gasteiger partial charge is 0.227 e. The molecule has 0 aliphatic heterocycles. The van der Waals surface area contributed by atoms with Crippen molar-refractivity contribution in [3.8, 4) is 0 Å². The zero-order valence-corrected chi connectivity index (χ0v) is 10.2. The van der Waals surface area contributed by atoms with Gasteiger partial charge in [0.05, 0.1) is 5.92 Å². The first-order valence-electron chi connectivity index (χ1n) is 5.45. The quantitative estimate of drug-likeness (QED) is 0.694. The van der Waals surface area contributed by atoms with Gasteiger partial charge in [0, 0.05) is 17.8 Å². The number of nitrogens with one attached hydrogen (secondary N) is 1. The van der Waals surface area contributed by atoms with Gasteiger partial charge in [-0.1, -0.05) is 19.1 Å². The number of hydrogen-bond acceptors (Lipinski definition) is 3. The molecule has 0 aromatic heterocycles. The van der Waals surface area contributed by atoms with Gasteiger partial charge in [-0.2, -0.15) is 11.8 Å². The highest BCUT2D eigenvalue weighted by Crippen LogP contribution is 2.16. The SMILES string of the molecule is CCSCC(C)NC(=O)C1C=CC(N)C1. The van der Waals surface area contributed by atoms with Crippen LogP contribution < -0.4 is 11.1 Å². The lowest BCUT2D eigenvalue weighted by atomic mass is 10.1. The van der Waals surface area contributed by atoms with Crippen LogP contribution in [0.2, 0.25) is 0 Å². The first-order valence-corrected chi connectivity index (χ1v) is 6.61. The van der Waals surface area contributed by atoms with Crippen LogP contribution in [0.25, 0.3) is 0 Å². The van der Waals surface area contributed by atoms with Gasteiger partial charge in [0.1, 0.15) is 0 Å². The zero-order chi connectivity index (χ0) is 11.3. The van der Waals surface area contributed by atoms with Crippen molar-refractivity contribution in [1.82, 2.24) is 5.32 Å². The Labute approximate surface area is 95.9 Å². The van der Waals surface area contributed by atoms with Crippen LogP contribution in [-0.4, -0.2) is 29.5 Å². The minimum absolute atomic E-state index is 0.0194. The van der Waals surface area contributed by atoms with Gasteiger partial charge in [0.25, 0.3) is 0 Å². The van der Waals surface area contributed by atoms with Crippen LogP contribution in [0.5, 0.6) is 0 Å². The lowest BCUT2D eigenvalue weighted by molar-refractivity contribution is -0.124. The van der Waals surface area contributed by atoms with Crippen LogP contribution in [0, 0.1) is 5.92 Å². The molecule has 0 radical (unpaired) electrons. The molecule has 0 fully saturated rings. The maximum Gasteiger partial charge on any atom is 0.227 e. The minimum Gasteiger partial charge on any atom is -0.352 e. The van der Waals surface area contributed by atoms with Crippen molar-refractivity contribution in [2.24, 2.45) is 11.7 Å². The van der Waals surface area contributed by atoms with E-state index in [1.54, 1.807) is 0 Å². The van der Waals surface area contributed by atoms with Crippen molar-refractivity contribution in [3.63, 3.8) is 0 Å². The summed E-state index contributed by atoms with van der Waals surface area (Å²) in [4.78, 5) is 11.7. The maximum absolute atomic E-state index is 11.7. The Morgan fingerprint density at radius 2 is 2.40 bits per heavy atom. The number of thioether (sulfide) groups is 1. The van der Waals surface area contributed by atoms with E-state index in [0.29, 0.717) is 0 Å². The molecular weight excluding hydrogens is 208 g/mol. The van der Waals surface area contributed by atoms with Crippen LogP contribution in [0.15, 0.2) is 12.2 Å². The van der Waals surface area contributed by atoms with Gasteiger partial charge in [0.2, 0.25) is 5.91 Å². The van der Waals surface area contributed by atoms with Gasteiger partial charge in [-0.05, 0) is 19.1 Å². The Morgan fingerprint density at radius 3 is 2.93 bits per heavy atom. The summed E-state index contributed by atoms with van der Waals surface area (Å²) in [7, 11) is 0. The summed E-state index contributed by atoms with van der Waals surface area (Å²) in [5, 5.41) is 3.01. The molecule has 1 rings (SSSR count). The summed E-state index contributed by atoms with van der Waals surface area (Å²) >= 11 is 1.84. The summed E-state index contributed by atoms with van der Waals surface area (Å²) < 4.78 is 0. The lowest BCUT2D eigenvalue weighted by Crippen LogP contribution is -2.38. The molecule has 1 aliphatic rings. The number of hydrogen-bond donors (Lipinski definition) is 2. The molecule has 3 nitrogen and oxygen atoms in total. The van der Waals surface area contributed by atoms with Crippen molar-refractivity contribution in [2.45, 2.75) is 32.4 Å². The second-order valence-corrected chi connectivity index (χ2v) is 5.28. The van der Waals surface area contributed by atoms with E-state index in [4.69, 9.17) is 5.73 Å². The third-order valence-corrected chi connectivity index (χ3v) is 3.56. The monoisotopic (exact) mass is 228 g/mol. The molecule has 0 spiro atoms. The molecule has 0 saturated carbocycles. The van der Waals surface area contributed by atoms with Crippen LogP contribution in [0.4, 0.5) is 0 Å². The predicted octanol–water partition coefficient (Wildman–Crippen LogP) is 1.15. The second-order valence-electron chi connectivity index (χ2n) is 3.96. The fourth-order valence-electron chi connectivity index (χ4n) is 1.61. The maximum atomic E-state index is 11.7. The number of rotatable bonds is 5. The largest absolute Gasteiger partial charge is 0.352 e. The van der Waals surface area contributed by atoms with E-state index >= 15 is 0 Å². The average molecular weight is 228 g/mol. The highest BCUT2D eigenvalue weighted by atomic mass is 32.2. The first-order chi connectivity index (χ1) is 7.13. The number of nitrogens with two attached hydrogens (primary N) is 1. The summed E-state index contributed by atoms with van der Waals surface area (Å²) in [6.45, 7) is 4.16. The van der Waals surface area contributed by atoms with Crippen LogP contribution in [0.3, 0.4) is 0 Å². The molecule has 1 amide bonds. The van der Waals surface area contributed by atoms with Crippen molar-refractivity contribution in [3.05, 3.63) is 12.2 Å². The summed E-state index contributed by atoms with van der Waals surface area (Å²) in [5.74, 6) is 2.16. The van der Waals surface area contributed by atoms with E-state index in [2.05, 4.69) is 12.2 Å². The zero-order valence-electron chi connectivity index (χ0n) is 9.40. The van der Waals surface area contributed by atoms with Gasteiger partial charge >= 0.3 is 0 Å². The minimum atomic E-state index is -0.0194. The van der Waals surface area contributed by atoms with Crippen LogP contribution >= 0.6 is 11.8 Å². The third kappa shape index (κ3) is 4.26. The molecular formula is C11H20N2OS. The fraction of sp³-hybridized carbons (Fsp3) is 0.727. The van der Waals surface area contributed by atoms with Gasteiger partial charge in [-0.25, -0.2) is 0 Å². The van der Waals surface area contributed by atoms with Crippen molar-refractivity contribution < 1.29 is 4.79 Å². The number of amides is 1. The van der Waals surface area contributed by atoms with E-state index in [0.717, 1.165) is 17.9 Å². The molecule has 86 valence electrons. The molecule has 3 N–H and O–H groups in total. The predicted molar refractivity (Wildman–Crippen MR) is 65.8 cm³/mol. The molecule has 3 atom stereocenters. The lowest BCUT2D eigenvalue weighted by Gasteiger charge is -2.16. The van der Waals surface area contributed by atoms with E-state index in [1.165, 1.54) is 0 Å². The highest BCUT2D eigenvalue weighted by Gasteiger charge is 2.23. The molecule has 15 heavy (non-hydrogen) atoms. The Balaban J connectivity index is 2.26. The third-order valence-electron chi connectivity index (χ3n) is 2.41. The number of carbonyl (C=O) groups is 1. The Hall–Kier alpha value is -0.480. The standard InChI is InChI=1S/C11H20N2OS/c1-3-15-7-8(2)13-11(14)9-4-5-10(12)6-9/h4-5,8-10H,3,6-7,12H2,1-2H3,(H,13,14). The van der Waals surface area contributed by atoms with Crippen LogP contribution in [0.1, 0.15) is 20.3 Å². The molecule has 0 bridgehead atoms. The van der Waals surface area contributed by atoms with Crippen molar-refractivity contribution in [2.75, 3.05) is 11.5 Å². The summed E-state index contributed by atoms with van der Waals surface area (Å²) in [5.41, 5.74) is 5.70. The van der Waals surface area contributed by atoms with Crippen molar-refractivity contribution in [1.29, 1.82) is 0 Å². The molecule has 3 unspecified atom stereocenters. The Bertz CT molecular complexity index is 243. The van der Waals surface area contributed by atoms with Gasteiger partial charge < -0.3 is 11.1 Å². The molecule has 0 heterocycles. The van der Waals surface area contributed by atoms with Gasteiger partial charge in [-0.3, -0.25) is 4.79 Å². The van der Waals surface area contributed by atoms with Crippen molar-refractivity contribution >= 4 is 17.7 Å². The van der Waals surface area contributed by atoms with E-state index in [1.807, 2.05) is 30.8 Å². The van der Waals surface area contributed by atoms with Gasteiger partial charge in [-0.15, -0.1) is 0 Å². The molecule has 0 aromatic rings. The van der Waals surface area contributed by atoms with E-state index in [9.17, 15) is 4.79 Å². The molecule has 1 aliphatic carbocycles. The molecule has 4 heteroatoms. The van der Waals surface area contributed by atoms with Gasteiger partial charge in [0.15, 0.2) is 0 Å². The van der Waals surface area contributed by atoms with Crippen LogP contribution in [-0.2, 0) is 4.79 Å².